The summed E-state index contributed by atoms with van der Waals surface area (Å²) in [5, 5.41) is 2.63. The highest BCUT2D eigenvalue weighted by atomic mass is 16.2. The molecule has 1 aromatic heterocycles. The monoisotopic (exact) mass is 255 g/mol. The van der Waals surface area contributed by atoms with E-state index < -0.39 is 5.91 Å². The zero-order valence-corrected chi connectivity index (χ0v) is 10.4. The highest BCUT2D eigenvalue weighted by Crippen LogP contribution is 2.14. The van der Waals surface area contributed by atoms with Crippen molar-refractivity contribution in [2.75, 3.05) is 5.32 Å². The fourth-order valence-electron chi connectivity index (χ4n) is 1.61. The average molecular weight is 255 g/mol. The van der Waals surface area contributed by atoms with Crippen molar-refractivity contribution >= 4 is 17.5 Å². The van der Waals surface area contributed by atoms with E-state index in [4.69, 9.17) is 5.73 Å². The van der Waals surface area contributed by atoms with Gasteiger partial charge in [-0.15, -0.1) is 0 Å². The Morgan fingerprint density at radius 3 is 2.47 bits per heavy atom. The SMILES string of the molecule is Cc1ccc(C(=O)Nc2cnccc2C(N)=O)cc1. The number of aromatic nitrogens is 1. The molecule has 0 aliphatic carbocycles. The Hall–Kier alpha value is -2.69. The quantitative estimate of drug-likeness (QED) is 0.876. The predicted molar refractivity (Wildman–Crippen MR) is 71.9 cm³/mol. The number of nitrogens with one attached hydrogen (secondary N) is 1. The van der Waals surface area contributed by atoms with Crippen molar-refractivity contribution < 1.29 is 9.59 Å². The number of rotatable bonds is 3. The highest BCUT2D eigenvalue weighted by molar-refractivity contribution is 6.08. The fraction of sp³-hybridized carbons (Fsp3) is 0.0714. The molecule has 0 aliphatic rings. The smallest absolute Gasteiger partial charge is 0.255 e. The molecular weight excluding hydrogens is 242 g/mol. The number of amides is 2. The van der Waals surface area contributed by atoms with Crippen LogP contribution in [-0.4, -0.2) is 16.8 Å². The first-order chi connectivity index (χ1) is 9.08. The Balaban J connectivity index is 2.24. The molecule has 5 heteroatoms. The van der Waals surface area contributed by atoms with Gasteiger partial charge >= 0.3 is 0 Å². The molecule has 2 rings (SSSR count). The second-order valence-corrected chi connectivity index (χ2v) is 4.11. The van der Waals surface area contributed by atoms with E-state index in [1.54, 1.807) is 12.1 Å². The van der Waals surface area contributed by atoms with Crippen molar-refractivity contribution in [3.8, 4) is 0 Å². The van der Waals surface area contributed by atoms with Crippen LogP contribution >= 0.6 is 0 Å². The Morgan fingerprint density at radius 2 is 1.84 bits per heavy atom. The van der Waals surface area contributed by atoms with E-state index >= 15 is 0 Å². The van der Waals surface area contributed by atoms with E-state index in [9.17, 15) is 9.59 Å². The van der Waals surface area contributed by atoms with Crippen molar-refractivity contribution in [3.05, 3.63) is 59.4 Å². The molecule has 1 heterocycles. The first-order valence-corrected chi connectivity index (χ1v) is 5.70. The number of pyridine rings is 1. The third kappa shape index (κ3) is 2.95. The van der Waals surface area contributed by atoms with Crippen LogP contribution in [0.15, 0.2) is 42.7 Å². The minimum atomic E-state index is -0.610. The van der Waals surface area contributed by atoms with Gasteiger partial charge in [0.2, 0.25) is 0 Å². The summed E-state index contributed by atoms with van der Waals surface area (Å²) in [5.41, 5.74) is 7.34. The van der Waals surface area contributed by atoms with Gasteiger partial charge < -0.3 is 11.1 Å². The minimum Gasteiger partial charge on any atom is -0.366 e. The molecule has 3 N–H and O–H groups in total. The van der Waals surface area contributed by atoms with Crippen LogP contribution in [-0.2, 0) is 0 Å². The second kappa shape index (κ2) is 5.30. The molecule has 0 saturated heterocycles. The van der Waals surface area contributed by atoms with Gasteiger partial charge in [0.05, 0.1) is 17.4 Å². The van der Waals surface area contributed by atoms with Gasteiger partial charge in [0.25, 0.3) is 11.8 Å². The van der Waals surface area contributed by atoms with E-state index in [1.807, 2.05) is 19.1 Å². The topological polar surface area (TPSA) is 85.1 Å². The van der Waals surface area contributed by atoms with Crippen molar-refractivity contribution in [3.63, 3.8) is 0 Å². The lowest BCUT2D eigenvalue weighted by Crippen LogP contribution is -2.18. The Bertz CT molecular complexity index is 621. The van der Waals surface area contributed by atoms with Crippen molar-refractivity contribution in [2.24, 2.45) is 5.73 Å². The molecule has 0 saturated carbocycles. The van der Waals surface area contributed by atoms with Crippen LogP contribution in [0.2, 0.25) is 0 Å². The second-order valence-electron chi connectivity index (χ2n) is 4.11. The third-order valence-electron chi connectivity index (χ3n) is 2.65. The largest absolute Gasteiger partial charge is 0.366 e. The molecule has 0 spiro atoms. The highest BCUT2D eigenvalue weighted by Gasteiger charge is 2.11. The van der Waals surface area contributed by atoms with E-state index in [-0.39, 0.29) is 11.5 Å². The van der Waals surface area contributed by atoms with Gasteiger partial charge in [0.1, 0.15) is 0 Å². The Morgan fingerprint density at radius 1 is 1.16 bits per heavy atom. The van der Waals surface area contributed by atoms with E-state index in [2.05, 4.69) is 10.3 Å². The lowest BCUT2D eigenvalue weighted by Gasteiger charge is -2.08. The van der Waals surface area contributed by atoms with E-state index in [0.717, 1.165) is 5.56 Å². The van der Waals surface area contributed by atoms with Gasteiger partial charge in [-0.1, -0.05) is 17.7 Å². The molecule has 19 heavy (non-hydrogen) atoms. The van der Waals surface area contributed by atoms with Gasteiger partial charge in [0, 0.05) is 11.8 Å². The number of nitrogens with two attached hydrogens (primary N) is 1. The molecule has 96 valence electrons. The van der Waals surface area contributed by atoms with Crippen LogP contribution in [0.25, 0.3) is 0 Å². The minimum absolute atomic E-state index is 0.232. The maximum atomic E-state index is 12.0. The lowest BCUT2D eigenvalue weighted by atomic mass is 10.1. The van der Waals surface area contributed by atoms with Gasteiger partial charge in [-0.2, -0.15) is 0 Å². The summed E-state index contributed by atoms with van der Waals surface area (Å²) >= 11 is 0. The number of carbonyl (C=O) groups excluding carboxylic acids is 2. The zero-order chi connectivity index (χ0) is 13.8. The number of hydrogen-bond acceptors (Lipinski definition) is 3. The summed E-state index contributed by atoms with van der Waals surface area (Å²) in [6, 6.07) is 8.57. The standard InChI is InChI=1S/C14H13N3O2/c1-9-2-4-10(5-3-9)14(19)17-12-8-16-7-6-11(12)13(15)18/h2-8H,1H3,(H2,15,18)(H,17,19). The number of aryl methyl sites for hydroxylation is 1. The predicted octanol–water partition coefficient (Wildman–Crippen LogP) is 1.74. The maximum Gasteiger partial charge on any atom is 0.255 e. The van der Waals surface area contributed by atoms with Gasteiger partial charge in [-0.05, 0) is 25.1 Å². The van der Waals surface area contributed by atoms with E-state index in [0.29, 0.717) is 11.3 Å². The lowest BCUT2D eigenvalue weighted by molar-refractivity contribution is 0.100. The first-order valence-electron chi connectivity index (χ1n) is 5.70. The number of benzene rings is 1. The van der Waals surface area contributed by atoms with E-state index in [1.165, 1.54) is 18.5 Å². The maximum absolute atomic E-state index is 12.0. The van der Waals surface area contributed by atoms with Gasteiger partial charge in [-0.3, -0.25) is 14.6 Å². The number of primary amides is 1. The molecule has 0 fully saturated rings. The molecular formula is C14H13N3O2. The first kappa shape index (κ1) is 12.8. The van der Waals surface area contributed by atoms with Gasteiger partial charge in [0.15, 0.2) is 0 Å². The summed E-state index contributed by atoms with van der Waals surface area (Å²) in [6.45, 7) is 1.94. The van der Waals surface area contributed by atoms with Crippen LogP contribution in [0.5, 0.6) is 0 Å². The number of anilines is 1. The average Bonchev–Trinajstić information content (AvgIpc) is 2.39. The molecule has 0 bridgehead atoms. The number of nitrogens with zero attached hydrogens (tertiary/aromatic N) is 1. The summed E-state index contributed by atoms with van der Waals surface area (Å²) in [5.74, 6) is -0.919. The normalized spacial score (nSPS) is 9.95. The van der Waals surface area contributed by atoms with Crippen LogP contribution in [0, 0.1) is 6.92 Å². The summed E-state index contributed by atoms with van der Waals surface area (Å²) in [4.78, 5) is 27.1. The molecule has 2 aromatic rings. The van der Waals surface area contributed by atoms with Crippen LogP contribution < -0.4 is 11.1 Å². The number of hydrogen-bond donors (Lipinski definition) is 2. The number of carbonyl (C=O) groups is 2. The summed E-state index contributed by atoms with van der Waals surface area (Å²) < 4.78 is 0. The molecule has 0 unspecified atom stereocenters. The van der Waals surface area contributed by atoms with Crippen LogP contribution in [0.1, 0.15) is 26.3 Å². The zero-order valence-electron chi connectivity index (χ0n) is 10.4. The molecule has 5 nitrogen and oxygen atoms in total. The summed E-state index contributed by atoms with van der Waals surface area (Å²) in [7, 11) is 0. The molecule has 2 amide bonds. The third-order valence-corrected chi connectivity index (χ3v) is 2.65. The molecule has 0 radical (unpaired) electrons. The molecule has 0 atom stereocenters. The van der Waals surface area contributed by atoms with Crippen LogP contribution in [0.3, 0.4) is 0 Å². The summed E-state index contributed by atoms with van der Waals surface area (Å²) in [6.07, 6.45) is 2.84. The Labute approximate surface area is 110 Å². The van der Waals surface area contributed by atoms with Crippen molar-refractivity contribution in [2.45, 2.75) is 6.92 Å². The van der Waals surface area contributed by atoms with Crippen molar-refractivity contribution in [1.82, 2.24) is 4.98 Å². The molecule has 1 aromatic carbocycles. The van der Waals surface area contributed by atoms with Gasteiger partial charge in [-0.25, -0.2) is 0 Å². The molecule has 0 aliphatic heterocycles. The Kier molecular flexibility index (Phi) is 3.56. The van der Waals surface area contributed by atoms with Crippen LogP contribution in [0.4, 0.5) is 5.69 Å². The van der Waals surface area contributed by atoms with Crippen molar-refractivity contribution in [1.29, 1.82) is 0 Å². The fourth-order valence-corrected chi connectivity index (χ4v) is 1.61.